The number of fused-ring (bicyclic) bond motifs is 6. The highest BCUT2D eigenvalue weighted by atomic mass is 79.9. The highest BCUT2D eigenvalue weighted by molar-refractivity contribution is 9.11. The fourth-order valence-corrected chi connectivity index (χ4v) is 24.9. The van der Waals surface area contributed by atoms with Crippen molar-refractivity contribution in [2.45, 2.75) is 181 Å². The van der Waals surface area contributed by atoms with Crippen LogP contribution in [0.1, 0.15) is 192 Å². The van der Waals surface area contributed by atoms with E-state index in [1.807, 2.05) is 0 Å². The first kappa shape index (κ1) is 67.9. The molecule has 0 radical (unpaired) electrons. The molecule has 72 heavy (non-hydrogen) atoms. The summed E-state index contributed by atoms with van der Waals surface area (Å²) in [5.41, 5.74) is 12.3. The first-order chi connectivity index (χ1) is 33.9. The maximum absolute atomic E-state index is 3.95. The van der Waals surface area contributed by atoms with E-state index in [0.717, 1.165) is 10.7 Å². The van der Waals surface area contributed by atoms with Crippen LogP contribution in [0.3, 0.4) is 0 Å². The van der Waals surface area contributed by atoms with E-state index in [2.05, 4.69) is 210 Å². The van der Waals surface area contributed by atoms with Gasteiger partial charge in [0.1, 0.15) is 0 Å². The van der Waals surface area contributed by atoms with Crippen molar-refractivity contribution in [3.63, 3.8) is 0 Å². The zero-order valence-electron chi connectivity index (χ0n) is 45.1. The predicted molar refractivity (Wildman–Crippen MR) is 364 cm³/mol. The minimum atomic E-state index is -0.924. The molecule has 0 fully saturated rings. The monoisotopic (exact) mass is 1530 g/mol. The fraction of sp³-hybridized carbons (Fsp3) is 0.613. The number of unbranched alkanes of at least 4 members (excludes halogenated alkanes) is 6. The lowest BCUT2D eigenvalue weighted by atomic mass is 9.71. The summed E-state index contributed by atoms with van der Waals surface area (Å²) in [6, 6.07) is 28.0. The average Bonchev–Trinajstić information content (AvgIpc) is 3.77. The Bertz CT molecular complexity index is 1990. The molecule has 2 aliphatic rings. The van der Waals surface area contributed by atoms with Gasteiger partial charge in [-0.25, -0.2) is 0 Å². The quantitative estimate of drug-likeness (QED) is 0.0338. The molecule has 4 aromatic carbocycles. The Morgan fingerprint density at radius 1 is 0.319 bits per heavy atom. The van der Waals surface area contributed by atoms with Crippen molar-refractivity contribution in [2.75, 3.05) is 60.0 Å². The Kier molecular flexibility index (Phi) is 32.7. The molecule has 404 valence electrons. The molecule has 10 heteroatoms. The van der Waals surface area contributed by atoms with Gasteiger partial charge in [0.05, 0.1) is 49.3 Å². The molecule has 0 spiro atoms. The summed E-state index contributed by atoms with van der Waals surface area (Å²) >= 11 is 22.5. The van der Waals surface area contributed by atoms with Crippen molar-refractivity contribution in [3.8, 4) is 22.3 Å². The minimum absolute atomic E-state index is 0. The summed E-state index contributed by atoms with van der Waals surface area (Å²) < 4.78 is 4.84. The van der Waals surface area contributed by atoms with Gasteiger partial charge in [-0.2, -0.15) is 0 Å². The molecule has 0 unspecified atom stereocenters. The summed E-state index contributed by atoms with van der Waals surface area (Å²) in [5.74, 6) is 0. The zero-order valence-corrected chi connectivity index (χ0v) is 59.9. The second kappa shape index (κ2) is 34.7. The average molecular weight is 1540 g/mol. The zero-order chi connectivity index (χ0) is 50.6. The van der Waals surface area contributed by atoms with Crippen molar-refractivity contribution < 1.29 is 0 Å². The maximum Gasteiger partial charge on any atom is 0.0594 e. The largest absolute Gasteiger partial charge is 0.114 e. The minimum Gasteiger partial charge on any atom is -0.114 e. The molecule has 0 saturated carbocycles. The summed E-state index contributed by atoms with van der Waals surface area (Å²) in [6.45, 7) is 14.5. The van der Waals surface area contributed by atoms with Crippen LogP contribution in [0.15, 0.2) is 90.7 Å². The standard InChI is InChI=1S/C43H72Br2P2.C19H18Br4.2BrH/c1-7-13-27-46(28-14-8-2,29-15-9-3)33-19-25-43(26-20-34-47(30-16-10-4,31-17-11-5)32-18-12-6)41-35-37(44)21-23-39(41)40-24-22-38(45)36-42(40)43;20-9-1-7-19(8-2-10-21)17-11-13(22)3-5-15(17)16-6-4-14(23)12-18(16)19;;/h21-24,35-36H,7-20,25-34H2,1-6H3;3-6,11-12H,1-2,7-10H2;2*1H/q+2;;;. The molecule has 0 saturated heterocycles. The number of halogens is 8. The fourth-order valence-electron chi connectivity index (χ4n) is 12.7. The molecular formula is C62H92Br8P2+2. The van der Waals surface area contributed by atoms with Gasteiger partial charge in [0.15, 0.2) is 0 Å². The van der Waals surface area contributed by atoms with Crippen LogP contribution in [0.5, 0.6) is 0 Å². The first-order valence-corrected chi connectivity index (χ1v) is 38.4. The second-order valence-electron chi connectivity index (χ2n) is 21.3. The Labute approximate surface area is 514 Å². The van der Waals surface area contributed by atoms with Crippen molar-refractivity contribution in [2.24, 2.45) is 0 Å². The van der Waals surface area contributed by atoms with Crippen molar-refractivity contribution >= 4 is 144 Å². The van der Waals surface area contributed by atoms with Crippen LogP contribution >= 0.6 is 144 Å². The lowest BCUT2D eigenvalue weighted by molar-refractivity contribution is 0.436. The Balaban J connectivity index is 0.000000457. The number of hydrogen-bond acceptors (Lipinski definition) is 0. The van der Waals surface area contributed by atoms with Gasteiger partial charge in [-0.1, -0.05) is 200 Å². The third-order valence-electron chi connectivity index (χ3n) is 16.4. The molecule has 0 aliphatic heterocycles. The third-order valence-corrected chi connectivity index (χ3v) is 29.6. The van der Waals surface area contributed by atoms with Gasteiger partial charge in [-0.15, -0.1) is 34.0 Å². The van der Waals surface area contributed by atoms with E-state index in [1.165, 1.54) is 192 Å². The van der Waals surface area contributed by atoms with Gasteiger partial charge in [0.25, 0.3) is 0 Å². The van der Waals surface area contributed by atoms with Crippen molar-refractivity contribution in [3.05, 3.63) is 113 Å². The molecule has 0 nitrogen and oxygen atoms in total. The van der Waals surface area contributed by atoms with Crippen LogP contribution in [0.2, 0.25) is 0 Å². The first-order valence-electron chi connectivity index (χ1n) is 27.9. The van der Waals surface area contributed by atoms with Gasteiger partial charge in [-0.05, 0) is 183 Å². The van der Waals surface area contributed by atoms with E-state index in [9.17, 15) is 0 Å². The van der Waals surface area contributed by atoms with E-state index in [0.29, 0.717) is 0 Å². The molecule has 0 N–H and O–H groups in total. The number of rotatable bonds is 32. The van der Waals surface area contributed by atoms with E-state index in [4.69, 9.17) is 0 Å². The third kappa shape index (κ3) is 17.8. The Hall–Kier alpha value is 1.58. The summed E-state index contributed by atoms with van der Waals surface area (Å²) in [7, 11) is -1.85. The second-order valence-corrected chi connectivity index (χ2v) is 35.5. The van der Waals surface area contributed by atoms with Crippen LogP contribution in [0.25, 0.3) is 22.3 Å². The summed E-state index contributed by atoms with van der Waals surface area (Å²) in [5, 5.41) is 2.10. The molecule has 0 bridgehead atoms. The van der Waals surface area contributed by atoms with E-state index < -0.39 is 14.5 Å². The van der Waals surface area contributed by atoms with Gasteiger partial charge < -0.3 is 0 Å². The normalized spacial score (nSPS) is 13.8. The Morgan fingerprint density at radius 3 is 0.736 bits per heavy atom. The summed E-state index contributed by atoms with van der Waals surface area (Å²) in [6.07, 6.45) is 39.2. The van der Waals surface area contributed by atoms with E-state index >= 15 is 0 Å². The van der Waals surface area contributed by atoms with E-state index in [-0.39, 0.29) is 44.8 Å². The highest BCUT2D eigenvalue weighted by Crippen LogP contribution is 2.65. The van der Waals surface area contributed by atoms with Crippen LogP contribution in [-0.2, 0) is 10.8 Å². The van der Waals surface area contributed by atoms with Crippen LogP contribution in [0.4, 0.5) is 0 Å². The topological polar surface area (TPSA) is 0 Å². The van der Waals surface area contributed by atoms with Gasteiger partial charge in [0, 0.05) is 53.9 Å². The van der Waals surface area contributed by atoms with Crippen LogP contribution in [0, 0.1) is 0 Å². The Morgan fingerprint density at radius 2 is 0.528 bits per heavy atom. The van der Waals surface area contributed by atoms with Gasteiger partial charge in [0.2, 0.25) is 0 Å². The molecule has 2 aliphatic carbocycles. The highest BCUT2D eigenvalue weighted by Gasteiger charge is 2.46. The van der Waals surface area contributed by atoms with Gasteiger partial charge >= 0.3 is 0 Å². The molecule has 0 amide bonds. The molecule has 0 atom stereocenters. The van der Waals surface area contributed by atoms with Crippen molar-refractivity contribution in [1.29, 1.82) is 0 Å². The summed E-state index contributed by atoms with van der Waals surface area (Å²) in [4.78, 5) is 0. The van der Waals surface area contributed by atoms with Crippen LogP contribution in [-0.4, -0.2) is 60.0 Å². The lowest BCUT2D eigenvalue weighted by Crippen LogP contribution is -2.27. The SMILES string of the molecule is Br.Br.BrCCCC1(CCCBr)c2cc(Br)ccc2-c2ccc(Br)cc21.CCCC[P+](CCCC)(CCCC)CCCC1(CCC[P+](CCCC)(CCCC)CCCC)c2cc(Br)ccc2-c2ccc(Br)cc21. The van der Waals surface area contributed by atoms with E-state index in [1.54, 1.807) is 48.1 Å². The molecule has 4 aromatic rings. The molecule has 0 aromatic heterocycles. The number of benzene rings is 4. The molecule has 0 heterocycles. The predicted octanol–water partition coefficient (Wildman–Crippen LogP) is 24.9. The molecule has 6 rings (SSSR count). The smallest absolute Gasteiger partial charge is 0.0594 e. The van der Waals surface area contributed by atoms with Gasteiger partial charge in [-0.3, -0.25) is 0 Å². The molecular weight excluding hydrogens is 1450 g/mol. The number of hydrogen-bond donors (Lipinski definition) is 0. The van der Waals surface area contributed by atoms with Crippen LogP contribution < -0.4 is 0 Å². The van der Waals surface area contributed by atoms with Crippen molar-refractivity contribution in [1.82, 2.24) is 0 Å². The maximum atomic E-state index is 3.95. The lowest BCUT2D eigenvalue weighted by Gasteiger charge is -2.36. The number of alkyl halides is 2.